The van der Waals surface area contributed by atoms with Crippen molar-refractivity contribution in [3.05, 3.63) is 199 Å². The Bertz CT molecular complexity index is 3110. The van der Waals surface area contributed by atoms with E-state index in [0.717, 1.165) is 44.6 Å². The number of hydrogen-bond donors (Lipinski definition) is 0. The van der Waals surface area contributed by atoms with E-state index in [1.165, 1.54) is 60.5 Å². The number of furan rings is 1. The molecule has 0 radical (unpaired) electrons. The van der Waals surface area contributed by atoms with E-state index in [-0.39, 0.29) is 5.41 Å². The van der Waals surface area contributed by atoms with Crippen LogP contribution in [0.4, 0.5) is 17.1 Å². The Morgan fingerprint density at radius 2 is 1.05 bits per heavy atom. The van der Waals surface area contributed by atoms with E-state index in [1.54, 1.807) is 0 Å². The molecular formula is C53H37NO. The third kappa shape index (κ3) is 4.88. The molecule has 9 aromatic carbocycles. The molecule has 0 unspecified atom stereocenters. The molecule has 10 aromatic rings. The first kappa shape index (κ1) is 31.6. The smallest absolute Gasteiger partial charge is 0.136 e. The topological polar surface area (TPSA) is 16.4 Å². The summed E-state index contributed by atoms with van der Waals surface area (Å²) in [5.74, 6) is 0. The maximum Gasteiger partial charge on any atom is 0.136 e. The summed E-state index contributed by atoms with van der Waals surface area (Å²) >= 11 is 0. The van der Waals surface area contributed by atoms with Crippen LogP contribution in [0.15, 0.2) is 192 Å². The van der Waals surface area contributed by atoms with Gasteiger partial charge in [0, 0.05) is 33.1 Å². The molecule has 1 aromatic heterocycles. The van der Waals surface area contributed by atoms with Gasteiger partial charge in [-0.15, -0.1) is 0 Å². The van der Waals surface area contributed by atoms with E-state index in [4.69, 9.17) is 4.42 Å². The average molecular weight is 704 g/mol. The predicted octanol–water partition coefficient (Wildman–Crippen LogP) is 15.0. The van der Waals surface area contributed by atoms with Crippen LogP contribution >= 0.6 is 0 Å². The molecule has 0 fully saturated rings. The highest BCUT2D eigenvalue weighted by Gasteiger charge is 2.36. The lowest BCUT2D eigenvalue weighted by Crippen LogP contribution is -2.17. The van der Waals surface area contributed by atoms with Crippen LogP contribution in [0.2, 0.25) is 0 Å². The molecule has 0 saturated heterocycles. The minimum atomic E-state index is -0.184. The van der Waals surface area contributed by atoms with Gasteiger partial charge >= 0.3 is 0 Å². The molecule has 0 bridgehead atoms. The molecule has 11 rings (SSSR count). The molecule has 55 heavy (non-hydrogen) atoms. The lowest BCUT2D eigenvalue weighted by molar-refractivity contribution is 0.661. The zero-order valence-electron chi connectivity index (χ0n) is 30.8. The van der Waals surface area contributed by atoms with Crippen molar-refractivity contribution < 1.29 is 4.42 Å². The summed E-state index contributed by atoms with van der Waals surface area (Å²) in [4.78, 5) is 2.46. The average Bonchev–Trinajstić information content (AvgIpc) is 3.72. The van der Waals surface area contributed by atoms with Gasteiger partial charge in [-0.3, -0.25) is 0 Å². The summed E-state index contributed by atoms with van der Waals surface area (Å²) in [6, 6.07) is 68.5. The number of rotatable bonds is 5. The fraction of sp³-hybridized carbons (Fsp3) is 0.0566. The van der Waals surface area contributed by atoms with Gasteiger partial charge in [-0.2, -0.15) is 0 Å². The molecule has 0 N–H and O–H groups in total. The van der Waals surface area contributed by atoms with Gasteiger partial charge < -0.3 is 9.32 Å². The largest absolute Gasteiger partial charge is 0.456 e. The number of fused-ring (bicyclic) bond motifs is 8. The monoisotopic (exact) mass is 703 g/mol. The molecule has 1 aliphatic carbocycles. The lowest BCUT2D eigenvalue weighted by atomic mass is 9.81. The van der Waals surface area contributed by atoms with Crippen molar-refractivity contribution in [2.75, 3.05) is 4.90 Å². The SMILES string of the molecule is CC1(C)c2cc(N(c3ccc(-c4ccccc4)cc3)c3ccc4oc5ccccc5c4c3-c3cccc4ccccc34)ccc2-c2cc3ccccc3cc21. The minimum Gasteiger partial charge on any atom is -0.456 e. The van der Waals surface area contributed by atoms with Gasteiger partial charge in [0.2, 0.25) is 0 Å². The van der Waals surface area contributed by atoms with Crippen LogP contribution in [0.1, 0.15) is 25.0 Å². The van der Waals surface area contributed by atoms with Crippen LogP contribution in [-0.4, -0.2) is 0 Å². The van der Waals surface area contributed by atoms with Crippen molar-refractivity contribution in [3.8, 4) is 33.4 Å². The molecule has 0 aliphatic heterocycles. The van der Waals surface area contributed by atoms with Gasteiger partial charge in [-0.05, 0) is 115 Å². The first-order chi connectivity index (χ1) is 27.0. The first-order valence-electron chi connectivity index (χ1n) is 19.1. The molecule has 0 spiro atoms. The van der Waals surface area contributed by atoms with E-state index in [2.05, 4.69) is 207 Å². The van der Waals surface area contributed by atoms with Gasteiger partial charge in [0.25, 0.3) is 0 Å². The standard InChI is InChI=1S/C53H37NO/c1-53(2)46-32-38-17-7-6-16-37(38)31-45(46)42-28-27-40(33-47(42)53)54(39-25-23-35(24-26-39)34-13-4-3-5-14-34)48-29-30-50-52(44-20-10-11-22-49(44)55-50)51(48)43-21-12-18-36-15-8-9-19-41(36)43/h3-33H,1-2H3. The van der Waals surface area contributed by atoms with Crippen molar-refractivity contribution in [2.45, 2.75) is 19.3 Å². The molecule has 0 amide bonds. The Hall–Kier alpha value is -6.90. The third-order valence-corrected chi connectivity index (χ3v) is 11.8. The van der Waals surface area contributed by atoms with Gasteiger partial charge in [0.15, 0.2) is 0 Å². The lowest BCUT2D eigenvalue weighted by Gasteiger charge is -2.30. The van der Waals surface area contributed by atoms with Crippen LogP contribution in [-0.2, 0) is 5.41 Å². The van der Waals surface area contributed by atoms with Crippen molar-refractivity contribution in [1.82, 2.24) is 0 Å². The predicted molar refractivity (Wildman–Crippen MR) is 232 cm³/mol. The zero-order valence-corrected chi connectivity index (χ0v) is 30.8. The van der Waals surface area contributed by atoms with Crippen LogP contribution < -0.4 is 4.90 Å². The minimum absolute atomic E-state index is 0.184. The van der Waals surface area contributed by atoms with Crippen molar-refractivity contribution in [3.63, 3.8) is 0 Å². The Labute approximate surface area is 320 Å². The summed E-state index contributed by atoms with van der Waals surface area (Å²) in [5.41, 5.74) is 15.0. The maximum atomic E-state index is 6.58. The van der Waals surface area contributed by atoms with E-state index in [0.29, 0.717) is 0 Å². The summed E-state index contributed by atoms with van der Waals surface area (Å²) in [7, 11) is 0. The molecule has 1 heterocycles. The van der Waals surface area contributed by atoms with Crippen LogP contribution in [0.25, 0.3) is 76.9 Å². The van der Waals surface area contributed by atoms with Gasteiger partial charge in [-0.25, -0.2) is 0 Å². The van der Waals surface area contributed by atoms with Crippen LogP contribution in [0, 0.1) is 0 Å². The van der Waals surface area contributed by atoms with Crippen molar-refractivity contribution in [2.24, 2.45) is 0 Å². The number of nitrogens with zero attached hydrogens (tertiary/aromatic N) is 1. The maximum absolute atomic E-state index is 6.58. The van der Waals surface area contributed by atoms with E-state index >= 15 is 0 Å². The molecule has 0 atom stereocenters. The zero-order chi connectivity index (χ0) is 36.7. The number of anilines is 3. The fourth-order valence-electron chi connectivity index (χ4n) is 9.12. The Balaban J connectivity index is 1.20. The van der Waals surface area contributed by atoms with Gasteiger partial charge in [0.05, 0.1) is 5.69 Å². The van der Waals surface area contributed by atoms with Crippen molar-refractivity contribution >= 4 is 60.5 Å². The summed E-state index contributed by atoms with van der Waals surface area (Å²) < 4.78 is 6.58. The second kappa shape index (κ2) is 12.1. The third-order valence-electron chi connectivity index (χ3n) is 11.8. The number of hydrogen-bond acceptors (Lipinski definition) is 2. The van der Waals surface area contributed by atoms with E-state index in [9.17, 15) is 0 Å². The second-order valence-corrected chi connectivity index (χ2v) is 15.3. The molecule has 0 saturated carbocycles. The van der Waals surface area contributed by atoms with Crippen LogP contribution in [0.5, 0.6) is 0 Å². The van der Waals surface area contributed by atoms with Gasteiger partial charge in [0.1, 0.15) is 11.2 Å². The Morgan fingerprint density at radius 1 is 0.418 bits per heavy atom. The van der Waals surface area contributed by atoms with Crippen molar-refractivity contribution in [1.29, 1.82) is 0 Å². The van der Waals surface area contributed by atoms with Gasteiger partial charge in [-0.1, -0.05) is 147 Å². The number of benzene rings is 9. The molecular weight excluding hydrogens is 667 g/mol. The Morgan fingerprint density at radius 3 is 1.87 bits per heavy atom. The molecule has 260 valence electrons. The second-order valence-electron chi connectivity index (χ2n) is 15.3. The molecule has 2 heteroatoms. The highest BCUT2D eigenvalue weighted by atomic mass is 16.3. The highest BCUT2D eigenvalue weighted by Crippen LogP contribution is 2.53. The van der Waals surface area contributed by atoms with E-state index < -0.39 is 0 Å². The van der Waals surface area contributed by atoms with Crippen LogP contribution in [0.3, 0.4) is 0 Å². The first-order valence-corrected chi connectivity index (χ1v) is 19.1. The quantitative estimate of drug-likeness (QED) is 0.177. The highest BCUT2D eigenvalue weighted by molar-refractivity contribution is 6.19. The molecule has 1 aliphatic rings. The molecule has 2 nitrogen and oxygen atoms in total. The van der Waals surface area contributed by atoms with E-state index in [1.807, 2.05) is 0 Å². The number of para-hydroxylation sites is 1. The Kier molecular flexibility index (Phi) is 6.93. The summed E-state index contributed by atoms with van der Waals surface area (Å²) in [6.45, 7) is 4.75. The summed E-state index contributed by atoms with van der Waals surface area (Å²) in [6.07, 6.45) is 0. The normalized spacial score (nSPS) is 13.1. The fourth-order valence-corrected chi connectivity index (χ4v) is 9.12. The summed E-state index contributed by atoms with van der Waals surface area (Å²) in [5, 5.41) is 7.20.